The third kappa shape index (κ3) is 6.64. The van der Waals surface area contributed by atoms with Gasteiger partial charge < -0.3 is 38.3 Å². The number of epoxide rings is 1. The Labute approximate surface area is 199 Å². The summed E-state index contributed by atoms with van der Waals surface area (Å²) in [6.45, 7) is 8.18. The lowest BCUT2D eigenvalue weighted by Gasteiger charge is -2.44. The quantitative estimate of drug-likeness (QED) is 0.323. The molecule has 0 bridgehead atoms. The average molecular weight is 473 g/mol. The summed E-state index contributed by atoms with van der Waals surface area (Å²) in [5.74, 6) is 0.173. The van der Waals surface area contributed by atoms with Crippen LogP contribution < -0.4 is 0 Å². The van der Waals surface area contributed by atoms with Crippen LogP contribution >= 0.6 is 0 Å². The highest BCUT2D eigenvalue weighted by molar-refractivity contribution is 5.19. The molecule has 0 radical (unpaired) electrons. The number of rotatable bonds is 13. The van der Waals surface area contributed by atoms with E-state index in [9.17, 15) is 5.11 Å². The molecule has 2 fully saturated rings. The van der Waals surface area contributed by atoms with E-state index >= 15 is 0 Å². The first-order chi connectivity index (χ1) is 15.8. The third-order valence-corrected chi connectivity index (χ3v) is 7.01. The molecule has 0 aliphatic carbocycles. The van der Waals surface area contributed by atoms with Crippen molar-refractivity contribution in [3.63, 3.8) is 0 Å². The molecule has 192 valence electrons. The topological polar surface area (TPSA) is 88.1 Å². The van der Waals surface area contributed by atoms with Gasteiger partial charge in [-0.1, -0.05) is 39.0 Å². The molecule has 2 saturated heterocycles. The third-order valence-electron chi connectivity index (χ3n) is 7.01. The fourth-order valence-corrected chi connectivity index (χ4v) is 4.83. The minimum Gasteiger partial charge on any atom is -0.390 e. The number of allylic oxidation sites excluding steroid dienone is 2. The van der Waals surface area contributed by atoms with Crippen LogP contribution in [0, 0.1) is 11.8 Å². The van der Waals surface area contributed by atoms with E-state index in [4.69, 9.17) is 33.2 Å². The van der Waals surface area contributed by atoms with E-state index in [1.165, 1.54) is 0 Å². The van der Waals surface area contributed by atoms with Crippen LogP contribution in [0.15, 0.2) is 23.8 Å². The SMILES string of the molecule is CC[C@H](OC)[C@@H](C)[C@@H]1O[C@H]1[C@H](O)[C@@H](C)/C=C/C=C(\C)[C@@H]1O[C@H](OC)[C@H](OC)[C@@H](OC)[C@@H]1OC. The van der Waals surface area contributed by atoms with Crippen LogP contribution in [-0.2, 0) is 33.2 Å². The van der Waals surface area contributed by atoms with Crippen molar-refractivity contribution in [1.82, 2.24) is 0 Å². The summed E-state index contributed by atoms with van der Waals surface area (Å²) in [6.07, 6.45) is 4.20. The summed E-state index contributed by atoms with van der Waals surface area (Å²) in [5, 5.41) is 10.8. The standard InChI is InChI=1S/C25H44O8/c1-10-17(27-5)16(4)20-21(32-20)18(26)14(2)12-11-13-15(3)19-22(28-6)23(29-7)24(30-8)25(31-9)33-19/h11-14,16-26H,10H2,1-9H3/b12-11+,15-13+/t14-,16+,17-,18+,19-,20-,21-,22+,23-,24+,25-/m0/s1. The molecule has 2 aliphatic rings. The van der Waals surface area contributed by atoms with Crippen molar-refractivity contribution in [3.8, 4) is 0 Å². The predicted molar refractivity (Wildman–Crippen MR) is 125 cm³/mol. The lowest BCUT2D eigenvalue weighted by Crippen LogP contribution is -2.60. The van der Waals surface area contributed by atoms with Crippen LogP contribution in [0.25, 0.3) is 0 Å². The molecule has 0 amide bonds. The number of aliphatic hydroxyl groups excluding tert-OH is 1. The Bertz CT molecular complexity index is 634. The van der Waals surface area contributed by atoms with Gasteiger partial charge in [0.2, 0.25) is 0 Å². The molecule has 0 unspecified atom stereocenters. The fourth-order valence-electron chi connectivity index (χ4n) is 4.83. The molecule has 11 atom stereocenters. The van der Waals surface area contributed by atoms with Crippen LogP contribution in [0.1, 0.15) is 34.1 Å². The molecule has 0 aromatic carbocycles. The molecule has 8 heteroatoms. The normalized spacial score (nSPS) is 36.5. The van der Waals surface area contributed by atoms with Crippen LogP contribution in [0.3, 0.4) is 0 Å². The first-order valence-electron chi connectivity index (χ1n) is 11.8. The molecule has 0 aromatic heterocycles. The summed E-state index contributed by atoms with van der Waals surface area (Å²) in [5.41, 5.74) is 0.957. The molecule has 2 heterocycles. The molecular weight excluding hydrogens is 428 g/mol. The van der Waals surface area contributed by atoms with Crippen LogP contribution in [0.5, 0.6) is 0 Å². The maximum atomic E-state index is 10.8. The fraction of sp³-hybridized carbons (Fsp3) is 0.840. The van der Waals surface area contributed by atoms with E-state index in [2.05, 4.69) is 13.8 Å². The van der Waals surface area contributed by atoms with Crippen LogP contribution in [0.4, 0.5) is 0 Å². The van der Waals surface area contributed by atoms with Gasteiger partial charge in [-0.3, -0.25) is 0 Å². The Morgan fingerprint density at radius 1 is 0.909 bits per heavy atom. The average Bonchev–Trinajstić information content (AvgIpc) is 3.63. The van der Waals surface area contributed by atoms with Gasteiger partial charge in [0.25, 0.3) is 0 Å². The van der Waals surface area contributed by atoms with Gasteiger partial charge in [0.05, 0.1) is 18.3 Å². The minimum absolute atomic E-state index is 0.0295. The van der Waals surface area contributed by atoms with Gasteiger partial charge in [0.15, 0.2) is 6.29 Å². The van der Waals surface area contributed by atoms with Gasteiger partial charge in [0, 0.05) is 47.4 Å². The number of ether oxygens (including phenoxy) is 7. The summed E-state index contributed by atoms with van der Waals surface area (Å²) in [6, 6.07) is 0. The zero-order valence-electron chi connectivity index (χ0n) is 21.6. The lowest BCUT2D eigenvalue weighted by atomic mass is 9.91. The van der Waals surface area contributed by atoms with Crippen molar-refractivity contribution < 1.29 is 38.3 Å². The molecule has 8 nitrogen and oxygen atoms in total. The highest BCUT2D eigenvalue weighted by Crippen LogP contribution is 2.37. The second kappa shape index (κ2) is 13.3. The van der Waals surface area contributed by atoms with E-state index < -0.39 is 18.5 Å². The van der Waals surface area contributed by atoms with Gasteiger partial charge in [-0.05, 0) is 18.9 Å². The summed E-state index contributed by atoms with van der Waals surface area (Å²) in [7, 11) is 8.17. The summed E-state index contributed by atoms with van der Waals surface area (Å²) < 4.78 is 39.9. The van der Waals surface area contributed by atoms with Crippen LogP contribution in [0.2, 0.25) is 0 Å². The monoisotopic (exact) mass is 472 g/mol. The van der Waals surface area contributed by atoms with Gasteiger partial charge in [-0.25, -0.2) is 0 Å². The summed E-state index contributed by atoms with van der Waals surface area (Å²) in [4.78, 5) is 0. The Balaban J connectivity index is 2.02. The molecular formula is C25H44O8. The maximum absolute atomic E-state index is 10.8. The molecule has 2 aliphatic heterocycles. The van der Waals surface area contributed by atoms with E-state index in [0.29, 0.717) is 0 Å². The van der Waals surface area contributed by atoms with Gasteiger partial charge in [0.1, 0.15) is 30.5 Å². The second-order valence-corrected chi connectivity index (χ2v) is 9.01. The zero-order valence-corrected chi connectivity index (χ0v) is 21.6. The Morgan fingerprint density at radius 3 is 2.06 bits per heavy atom. The molecule has 0 saturated carbocycles. The van der Waals surface area contributed by atoms with E-state index in [1.807, 2.05) is 32.1 Å². The van der Waals surface area contributed by atoms with E-state index in [0.717, 1.165) is 12.0 Å². The Hall–Kier alpha value is -0.840. The molecule has 0 aromatic rings. The number of methoxy groups -OCH3 is 5. The van der Waals surface area contributed by atoms with Crippen molar-refractivity contribution in [3.05, 3.63) is 23.8 Å². The minimum atomic E-state index is -0.576. The zero-order chi connectivity index (χ0) is 24.7. The number of hydrogen-bond donors (Lipinski definition) is 1. The van der Waals surface area contributed by atoms with Crippen LogP contribution in [-0.4, -0.2) is 95.8 Å². The Kier molecular flexibility index (Phi) is 11.4. The first-order valence-corrected chi connectivity index (χ1v) is 11.8. The summed E-state index contributed by atoms with van der Waals surface area (Å²) >= 11 is 0. The second-order valence-electron chi connectivity index (χ2n) is 9.01. The first kappa shape index (κ1) is 28.4. The van der Waals surface area contributed by atoms with Crippen molar-refractivity contribution in [1.29, 1.82) is 0 Å². The van der Waals surface area contributed by atoms with Crippen molar-refractivity contribution >= 4 is 0 Å². The highest BCUT2D eigenvalue weighted by Gasteiger charge is 2.50. The molecule has 2 rings (SSSR count). The lowest BCUT2D eigenvalue weighted by molar-refractivity contribution is -0.295. The van der Waals surface area contributed by atoms with E-state index in [-0.39, 0.29) is 48.5 Å². The number of hydrogen-bond acceptors (Lipinski definition) is 8. The Morgan fingerprint density at radius 2 is 1.55 bits per heavy atom. The highest BCUT2D eigenvalue weighted by atomic mass is 16.7. The van der Waals surface area contributed by atoms with Crippen molar-refractivity contribution in [2.75, 3.05) is 35.5 Å². The predicted octanol–water partition coefficient (Wildman–Crippen LogP) is 2.73. The molecule has 1 N–H and O–H groups in total. The van der Waals surface area contributed by atoms with Crippen molar-refractivity contribution in [2.45, 2.75) is 89.2 Å². The van der Waals surface area contributed by atoms with Gasteiger partial charge in [-0.15, -0.1) is 0 Å². The van der Waals surface area contributed by atoms with Crippen molar-refractivity contribution in [2.24, 2.45) is 11.8 Å². The molecule has 33 heavy (non-hydrogen) atoms. The van der Waals surface area contributed by atoms with Gasteiger partial charge in [-0.2, -0.15) is 0 Å². The maximum Gasteiger partial charge on any atom is 0.186 e. The largest absolute Gasteiger partial charge is 0.390 e. The molecule has 0 spiro atoms. The van der Waals surface area contributed by atoms with E-state index in [1.54, 1.807) is 35.5 Å². The van der Waals surface area contributed by atoms with Gasteiger partial charge >= 0.3 is 0 Å². The smallest absolute Gasteiger partial charge is 0.186 e. The number of aliphatic hydroxyl groups is 1.